The molecule has 0 aromatic rings. The van der Waals surface area contributed by atoms with Crippen LogP contribution in [0.2, 0.25) is 0 Å². The first-order valence-electron chi connectivity index (χ1n) is 2.60. The van der Waals surface area contributed by atoms with Gasteiger partial charge >= 0.3 is 0 Å². The van der Waals surface area contributed by atoms with Crippen molar-refractivity contribution in [1.82, 2.24) is 0 Å². The topological polar surface area (TPSA) is 26.0 Å². The summed E-state index contributed by atoms with van der Waals surface area (Å²) in [7, 11) is 0. The molecular weight excluding hydrogens is 122 g/mol. The third-order valence-corrected chi connectivity index (χ3v) is 1.20. The summed E-state index contributed by atoms with van der Waals surface area (Å²) in [4.78, 5) is 0. The molecule has 0 unspecified atom stereocenters. The molecule has 0 fully saturated rings. The van der Waals surface area contributed by atoms with Gasteiger partial charge in [0.25, 0.3) is 0 Å². The lowest BCUT2D eigenvalue weighted by Crippen LogP contribution is -1.93. The smallest absolute Gasteiger partial charge is 0.00378 e. The van der Waals surface area contributed by atoms with Gasteiger partial charge in [-0.2, -0.15) is 0 Å². The lowest BCUT2D eigenvalue weighted by atomic mass is 10.2. The van der Waals surface area contributed by atoms with Gasteiger partial charge in [-0.25, -0.2) is 0 Å². The Bertz CT molecular complexity index is 82.5. The van der Waals surface area contributed by atoms with Crippen molar-refractivity contribution in [3.8, 4) is 0 Å². The van der Waals surface area contributed by atoms with Crippen LogP contribution >= 0.6 is 12.4 Å². The maximum atomic E-state index is 5.43. The molecule has 0 aliphatic rings. The second-order valence-electron chi connectivity index (χ2n) is 1.82. The zero-order valence-corrected chi connectivity index (χ0v) is 6.51. The fourth-order valence-electron chi connectivity index (χ4n) is 0.279. The molecule has 50 valence electrons. The molecule has 0 saturated heterocycles. The highest BCUT2D eigenvalue weighted by Crippen LogP contribution is 1.99. The average molecular weight is 136 g/mol. The van der Waals surface area contributed by atoms with Crippen LogP contribution in [0.15, 0.2) is 11.3 Å². The minimum absolute atomic E-state index is 0. The summed E-state index contributed by atoms with van der Waals surface area (Å²) in [5, 5.41) is 0. The maximum absolute atomic E-state index is 5.43. The lowest BCUT2D eigenvalue weighted by molar-refractivity contribution is 1.04. The normalized spacial score (nSPS) is 11.9. The maximum Gasteiger partial charge on any atom is 0.00378 e. The van der Waals surface area contributed by atoms with E-state index in [-0.39, 0.29) is 12.4 Å². The van der Waals surface area contributed by atoms with E-state index in [1.165, 1.54) is 5.57 Å². The first kappa shape index (κ1) is 10.7. The molecule has 0 radical (unpaired) electrons. The zero-order valence-electron chi connectivity index (χ0n) is 5.69. The van der Waals surface area contributed by atoms with Crippen LogP contribution in [0.3, 0.4) is 0 Å². The lowest BCUT2D eigenvalue weighted by Gasteiger charge is -1.94. The predicted octanol–water partition coefficient (Wildman–Crippen LogP) is 2.07. The standard InChI is InChI=1S/C6H13N.ClH/c1-4-5(2)6(3)7;/h4,7H2,1-3H3;1H. The Morgan fingerprint density at radius 2 is 1.75 bits per heavy atom. The van der Waals surface area contributed by atoms with Crippen molar-refractivity contribution in [2.75, 3.05) is 0 Å². The Labute approximate surface area is 57.4 Å². The van der Waals surface area contributed by atoms with E-state index in [1.54, 1.807) is 0 Å². The summed E-state index contributed by atoms with van der Waals surface area (Å²) in [5.74, 6) is 0. The largest absolute Gasteiger partial charge is 0.402 e. The summed E-state index contributed by atoms with van der Waals surface area (Å²) in [6, 6.07) is 0. The number of rotatable bonds is 1. The third-order valence-electron chi connectivity index (χ3n) is 1.20. The molecule has 0 heterocycles. The molecule has 0 amide bonds. The van der Waals surface area contributed by atoms with E-state index in [0.29, 0.717) is 0 Å². The van der Waals surface area contributed by atoms with Crippen LogP contribution in [0.1, 0.15) is 27.2 Å². The quantitative estimate of drug-likeness (QED) is 0.586. The van der Waals surface area contributed by atoms with Gasteiger partial charge in [0, 0.05) is 5.70 Å². The first-order chi connectivity index (χ1) is 3.18. The minimum Gasteiger partial charge on any atom is -0.402 e. The van der Waals surface area contributed by atoms with Gasteiger partial charge in [0.1, 0.15) is 0 Å². The van der Waals surface area contributed by atoms with Crippen LogP contribution < -0.4 is 5.73 Å². The minimum atomic E-state index is 0. The molecule has 0 atom stereocenters. The van der Waals surface area contributed by atoms with Gasteiger partial charge in [0.15, 0.2) is 0 Å². The van der Waals surface area contributed by atoms with Crippen molar-refractivity contribution < 1.29 is 0 Å². The number of hydrogen-bond donors (Lipinski definition) is 1. The Balaban J connectivity index is 0. The predicted molar refractivity (Wildman–Crippen MR) is 40.1 cm³/mol. The van der Waals surface area contributed by atoms with E-state index >= 15 is 0 Å². The third kappa shape index (κ3) is 4.00. The van der Waals surface area contributed by atoms with Gasteiger partial charge in [0.2, 0.25) is 0 Å². The molecule has 0 aliphatic carbocycles. The molecule has 0 saturated carbocycles. The summed E-state index contributed by atoms with van der Waals surface area (Å²) in [5.41, 5.74) is 7.68. The average Bonchev–Trinajstić information content (AvgIpc) is 1.65. The molecule has 0 rings (SSSR count). The highest BCUT2D eigenvalue weighted by molar-refractivity contribution is 5.85. The molecular formula is C6H14ClN. The Morgan fingerprint density at radius 1 is 1.38 bits per heavy atom. The van der Waals surface area contributed by atoms with Crippen LogP contribution in [0, 0.1) is 0 Å². The summed E-state index contributed by atoms with van der Waals surface area (Å²) < 4.78 is 0. The molecule has 8 heavy (non-hydrogen) atoms. The van der Waals surface area contributed by atoms with Crippen LogP contribution in [-0.4, -0.2) is 0 Å². The Hall–Kier alpha value is -0.170. The van der Waals surface area contributed by atoms with Gasteiger partial charge in [-0.15, -0.1) is 12.4 Å². The van der Waals surface area contributed by atoms with Crippen molar-refractivity contribution in [3.05, 3.63) is 11.3 Å². The van der Waals surface area contributed by atoms with Crippen molar-refractivity contribution in [2.24, 2.45) is 5.73 Å². The SMILES string of the molecule is CCC(C)=C(C)N.Cl. The summed E-state index contributed by atoms with van der Waals surface area (Å²) in [6.07, 6.45) is 1.07. The van der Waals surface area contributed by atoms with Crippen molar-refractivity contribution >= 4 is 12.4 Å². The Morgan fingerprint density at radius 3 is 1.75 bits per heavy atom. The second kappa shape index (κ2) is 4.98. The Kier molecular flexibility index (Phi) is 6.68. The fraction of sp³-hybridized carbons (Fsp3) is 0.667. The van der Waals surface area contributed by atoms with Crippen molar-refractivity contribution in [3.63, 3.8) is 0 Å². The van der Waals surface area contributed by atoms with Crippen molar-refractivity contribution in [2.45, 2.75) is 27.2 Å². The van der Waals surface area contributed by atoms with Crippen LogP contribution in [0.4, 0.5) is 0 Å². The van der Waals surface area contributed by atoms with Gasteiger partial charge in [-0.05, 0) is 20.3 Å². The molecule has 0 spiro atoms. The van der Waals surface area contributed by atoms with Gasteiger partial charge < -0.3 is 5.73 Å². The van der Waals surface area contributed by atoms with Crippen LogP contribution in [0.5, 0.6) is 0 Å². The second-order valence-corrected chi connectivity index (χ2v) is 1.82. The highest BCUT2D eigenvalue weighted by Gasteiger charge is 1.83. The first-order valence-corrected chi connectivity index (χ1v) is 2.60. The van der Waals surface area contributed by atoms with Crippen LogP contribution in [-0.2, 0) is 0 Å². The van der Waals surface area contributed by atoms with Crippen LogP contribution in [0.25, 0.3) is 0 Å². The molecule has 1 nitrogen and oxygen atoms in total. The van der Waals surface area contributed by atoms with E-state index in [4.69, 9.17) is 5.73 Å². The molecule has 2 N–H and O–H groups in total. The van der Waals surface area contributed by atoms with E-state index < -0.39 is 0 Å². The molecule has 0 aliphatic heterocycles. The molecule has 0 aromatic carbocycles. The van der Waals surface area contributed by atoms with Crippen molar-refractivity contribution in [1.29, 1.82) is 0 Å². The summed E-state index contributed by atoms with van der Waals surface area (Å²) >= 11 is 0. The highest BCUT2D eigenvalue weighted by atomic mass is 35.5. The summed E-state index contributed by atoms with van der Waals surface area (Å²) in [6.45, 7) is 6.08. The van der Waals surface area contributed by atoms with E-state index in [0.717, 1.165) is 12.1 Å². The molecule has 0 aromatic heterocycles. The van der Waals surface area contributed by atoms with Gasteiger partial charge in [-0.3, -0.25) is 0 Å². The monoisotopic (exact) mass is 135 g/mol. The number of nitrogens with two attached hydrogens (primary N) is 1. The molecule has 0 bridgehead atoms. The van der Waals surface area contributed by atoms with E-state index in [1.807, 2.05) is 6.92 Å². The zero-order chi connectivity index (χ0) is 5.86. The van der Waals surface area contributed by atoms with E-state index in [2.05, 4.69) is 13.8 Å². The van der Waals surface area contributed by atoms with E-state index in [9.17, 15) is 0 Å². The number of allylic oxidation sites excluding steroid dienone is 2. The van der Waals surface area contributed by atoms with Gasteiger partial charge in [-0.1, -0.05) is 12.5 Å². The van der Waals surface area contributed by atoms with Gasteiger partial charge in [0.05, 0.1) is 0 Å². The number of hydrogen-bond acceptors (Lipinski definition) is 1. The fourth-order valence-corrected chi connectivity index (χ4v) is 0.279. The number of halogens is 1. The molecule has 2 heteroatoms.